The van der Waals surface area contributed by atoms with Crippen LogP contribution in [0.15, 0.2) is 30.3 Å². The molecule has 0 aliphatic carbocycles. The summed E-state index contributed by atoms with van der Waals surface area (Å²) in [5, 5.41) is 36.5. The SMILES string of the molecule is CC(C)C(=O)O.CC(C)C(=O)O.Cl.NCCc1ccc2cc(O)c(O)cc2c1. The summed E-state index contributed by atoms with van der Waals surface area (Å²) in [6.45, 7) is 7.17. The Kier molecular flexibility index (Phi) is 13.5. The van der Waals surface area contributed by atoms with Crippen LogP contribution >= 0.6 is 12.4 Å². The minimum Gasteiger partial charge on any atom is -0.504 e. The molecule has 6 N–H and O–H groups in total. The van der Waals surface area contributed by atoms with Gasteiger partial charge in [0.25, 0.3) is 0 Å². The molecule has 0 radical (unpaired) electrons. The van der Waals surface area contributed by atoms with E-state index >= 15 is 0 Å². The molecule has 0 saturated carbocycles. The van der Waals surface area contributed by atoms with E-state index in [0.29, 0.717) is 6.54 Å². The van der Waals surface area contributed by atoms with E-state index in [-0.39, 0.29) is 35.7 Å². The van der Waals surface area contributed by atoms with Gasteiger partial charge in [0.2, 0.25) is 0 Å². The highest BCUT2D eigenvalue weighted by atomic mass is 35.5. The zero-order chi connectivity index (χ0) is 21.1. The summed E-state index contributed by atoms with van der Waals surface area (Å²) >= 11 is 0. The van der Waals surface area contributed by atoms with Gasteiger partial charge in [0.1, 0.15) is 0 Å². The summed E-state index contributed by atoms with van der Waals surface area (Å²) in [6.07, 6.45) is 0.817. The molecule has 0 bridgehead atoms. The molecule has 158 valence electrons. The molecular formula is C20H30ClNO6. The third-order valence-corrected chi connectivity index (χ3v) is 3.42. The first kappa shape index (κ1) is 27.7. The van der Waals surface area contributed by atoms with Crippen molar-refractivity contribution < 1.29 is 30.0 Å². The van der Waals surface area contributed by atoms with E-state index in [1.807, 2.05) is 18.2 Å². The van der Waals surface area contributed by atoms with Crippen LogP contribution in [0.5, 0.6) is 11.5 Å². The maximum Gasteiger partial charge on any atom is 0.305 e. The summed E-state index contributed by atoms with van der Waals surface area (Å²) in [4.78, 5) is 19.4. The first-order valence-corrected chi connectivity index (χ1v) is 8.59. The van der Waals surface area contributed by atoms with Crippen LogP contribution in [0, 0.1) is 11.8 Å². The minimum absolute atomic E-state index is 0. The van der Waals surface area contributed by atoms with E-state index in [0.717, 1.165) is 22.8 Å². The number of benzene rings is 2. The lowest BCUT2D eigenvalue weighted by molar-refractivity contribution is -0.141. The normalized spacial score (nSPS) is 9.68. The van der Waals surface area contributed by atoms with E-state index < -0.39 is 11.9 Å². The van der Waals surface area contributed by atoms with E-state index in [1.165, 1.54) is 0 Å². The first-order chi connectivity index (χ1) is 12.5. The number of aromatic hydroxyl groups is 2. The van der Waals surface area contributed by atoms with E-state index in [2.05, 4.69) is 0 Å². The van der Waals surface area contributed by atoms with Gasteiger partial charge in [-0.3, -0.25) is 9.59 Å². The highest BCUT2D eigenvalue weighted by molar-refractivity contribution is 5.86. The Labute approximate surface area is 171 Å². The van der Waals surface area contributed by atoms with Crippen LogP contribution in [-0.4, -0.2) is 38.9 Å². The summed E-state index contributed by atoms with van der Waals surface area (Å²) in [7, 11) is 0. The van der Waals surface area contributed by atoms with Gasteiger partial charge in [-0.15, -0.1) is 12.4 Å². The Morgan fingerprint density at radius 1 is 0.857 bits per heavy atom. The van der Waals surface area contributed by atoms with E-state index in [1.54, 1.807) is 39.8 Å². The van der Waals surface area contributed by atoms with Gasteiger partial charge in [-0.2, -0.15) is 0 Å². The van der Waals surface area contributed by atoms with Crippen molar-refractivity contribution in [3.05, 3.63) is 35.9 Å². The van der Waals surface area contributed by atoms with Crippen molar-refractivity contribution in [1.82, 2.24) is 0 Å². The van der Waals surface area contributed by atoms with Crippen molar-refractivity contribution in [3.63, 3.8) is 0 Å². The number of fused-ring (bicyclic) bond motifs is 1. The van der Waals surface area contributed by atoms with Gasteiger partial charge >= 0.3 is 11.9 Å². The number of halogens is 1. The quantitative estimate of drug-likeness (QED) is 0.480. The predicted octanol–water partition coefficient (Wildman–Crippen LogP) is 3.63. The third-order valence-electron chi connectivity index (χ3n) is 3.42. The number of nitrogens with two attached hydrogens (primary N) is 1. The number of carboxylic acid groups (broad SMARTS) is 2. The number of carboxylic acids is 2. The number of phenolic OH excluding ortho intramolecular Hbond substituents is 2. The summed E-state index contributed by atoms with van der Waals surface area (Å²) in [5.41, 5.74) is 6.60. The van der Waals surface area contributed by atoms with Crippen LogP contribution in [0.4, 0.5) is 0 Å². The summed E-state index contributed by atoms with van der Waals surface area (Å²) < 4.78 is 0. The monoisotopic (exact) mass is 415 g/mol. The molecule has 0 heterocycles. The van der Waals surface area contributed by atoms with Crippen LogP contribution in [-0.2, 0) is 16.0 Å². The number of hydrogen-bond acceptors (Lipinski definition) is 5. The molecule has 0 atom stereocenters. The molecule has 0 saturated heterocycles. The molecule has 2 aromatic rings. The lowest BCUT2D eigenvalue weighted by Crippen LogP contribution is -2.03. The second-order valence-electron chi connectivity index (χ2n) is 6.55. The topological polar surface area (TPSA) is 141 Å². The summed E-state index contributed by atoms with van der Waals surface area (Å²) in [6, 6.07) is 8.98. The number of hydrogen-bond donors (Lipinski definition) is 5. The Morgan fingerprint density at radius 2 is 1.25 bits per heavy atom. The smallest absolute Gasteiger partial charge is 0.305 e. The van der Waals surface area contributed by atoms with Crippen LogP contribution in [0.1, 0.15) is 33.3 Å². The fraction of sp³-hybridized carbons (Fsp3) is 0.400. The molecule has 0 aromatic heterocycles. The lowest BCUT2D eigenvalue weighted by atomic mass is 10.0. The largest absolute Gasteiger partial charge is 0.504 e. The molecule has 2 aromatic carbocycles. The van der Waals surface area contributed by atoms with Crippen molar-refractivity contribution in [2.75, 3.05) is 6.54 Å². The average molecular weight is 416 g/mol. The van der Waals surface area contributed by atoms with E-state index in [4.69, 9.17) is 15.9 Å². The van der Waals surface area contributed by atoms with Gasteiger partial charge in [-0.1, -0.05) is 45.9 Å². The van der Waals surface area contributed by atoms with Gasteiger partial charge in [0, 0.05) is 0 Å². The fourth-order valence-corrected chi connectivity index (χ4v) is 1.65. The molecule has 0 aliphatic heterocycles. The number of phenols is 2. The lowest BCUT2D eigenvalue weighted by Gasteiger charge is -2.04. The zero-order valence-electron chi connectivity index (χ0n) is 16.5. The minimum atomic E-state index is -0.741. The Morgan fingerprint density at radius 3 is 1.61 bits per heavy atom. The van der Waals surface area contributed by atoms with Crippen LogP contribution in [0.25, 0.3) is 10.8 Å². The third kappa shape index (κ3) is 10.6. The van der Waals surface area contributed by atoms with E-state index in [9.17, 15) is 19.8 Å². The standard InChI is InChI=1S/C12H13NO2.2C4H8O2.ClH/c13-4-3-8-1-2-9-6-11(14)12(15)7-10(9)5-8;2*1-3(2)4(5)6;/h1-2,5-7,14-15H,3-4,13H2;2*3H,1-2H3,(H,5,6);1H. The maximum absolute atomic E-state index is 9.70. The molecular weight excluding hydrogens is 386 g/mol. The average Bonchev–Trinajstić information content (AvgIpc) is 2.57. The molecule has 0 spiro atoms. The van der Waals surface area contributed by atoms with Gasteiger partial charge in [-0.05, 0) is 41.4 Å². The van der Waals surface area contributed by atoms with Crippen molar-refractivity contribution in [3.8, 4) is 11.5 Å². The second-order valence-corrected chi connectivity index (χ2v) is 6.55. The van der Waals surface area contributed by atoms with Gasteiger partial charge in [-0.25, -0.2) is 0 Å². The first-order valence-electron chi connectivity index (χ1n) is 8.59. The molecule has 7 nitrogen and oxygen atoms in total. The Balaban J connectivity index is 0. The number of aliphatic carboxylic acids is 2. The van der Waals surface area contributed by atoms with Gasteiger partial charge in [0.05, 0.1) is 11.8 Å². The molecule has 0 aliphatic rings. The molecule has 2 rings (SSSR count). The Hall–Kier alpha value is -2.51. The molecule has 28 heavy (non-hydrogen) atoms. The van der Waals surface area contributed by atoms with Crippen molar-refractivity contribution in [1.29, 1.82) is 0 Å². The van der Waals surface area contributed by atoms with Gasteiger partial charge in [0.15, 0.2) is 11.5 Å². The van der Waals surface area contributed by atoms with Crippen molar-refractivity contribution in [2.24, 2.45) is 17.6 Å². The van der Waals surface area contributed by atoms with Crippen LogP contribution in [0.2, 0.25) is 0 Å². The van der Waals surface area contributed by atoms with Crippen LogP contribution < -0.4 is 5.73 Å². The second kappa shape index (κ2) is 13.6. The molecule has 0 fully saturated rings. The maximum atomic E-state index is 9.70. The fourth-order valence-electron chi connectivity index (χ4n) is 1.65. The van der Waals surface area contributed by atoms with Crippen molar-refractivity contribution in [2.45, 2.75) is 34.1 Å². The number of carbonyl (C=O) groups is 2. The Bertz CT molecular complexity index is 744. The summed E-state index contributed by atoms with van der Waals surface area (Å²) in [5.74, 6) is -2.12. The van der Waals surface area contributed by atoms with Gasteiger partial charge < -0.3 is 26.2 Å². The highest BCUT2D eigenvalue weighted by Gasteiger charge is 2.03. The molecule has 0 unspecified atom stereocenters. The predicted molar refractivity (Wildman–Crippen MR) is 112 cm³/mol. The highest BCUT2D eigenvalue weighted by Crippen LogP contribution is 2.30. The molecule has 8 heteroatoms. The number of rotatable bonds is 4. The molecule has 0 amide bonds. The van der Waals surface area contributed by atoms with Crippen LogP contribution in [0.3, 0.4) is 0 Å². The zero-order valence-corrected chi connectivity index (χ0v) is 17.4. The van der Waals surface area contributed by atoms with Crippen molar-refractivity contribution >= 4 is 35.1 Å².